The van der Waals surface area contributed by atoms with E-state index in [2.05, 4.69) is 15.5 Å². The Morgan fingerprint density at radius 1 is 1.04 bits per heavy atom. The second-order valence-electron chi connectivity index (χ2n) is 8.58. The minimum atomic E-state index is -0.563. The van der Waals surface area contributed by atoms with E-state index in [0.717, 1.165) is 18.5 Å². The first-order valence-corrected chi connectivity index (χ1v) is 10.0. The highest BCUT2D eigenvalue weighted by Crippen LogP contribution is 2.29. The topological polar surface area (TPSA) is 79.9 Å². The summed E-state index contributed by atoms with van der Waals surface area (Å²) >= 11 is 0. The summed E-state index contributed by atoms with van der Waals surface area (Å²) in [5.74, 6) is 0. The molecular formula is C21H31N3O4. The van der Waals surface area contributed by atoms with E-state index in [1.165, 1.54) is 12.8 Å². The van der Waals surface area contributed by atoms with Crippen LogP contribution in [0.3, 0.4) is 0 Å². The van der Waals surface area contributed by atoms with E-state index in [1.54, 1.807) is 0 Å². The van der Waals surface area contributed by atoms with E-state index in [4.69, 9.17) is 9.47 Å². The number of nitrogens with zero attached hydrogens (tertiary/aromatic N) is 1. The lowest BCUT2D eigenvalue weighted by Crippen LogP contribution is -2.61. The molecule has 0 radical (unpaired) electrons. The number of likely N-dealkylation sites (tertiary alicyclic amines) is 1. The molecule has 1 aliphatic carbocycles. The van der Waals surface area contributed by atoms with Crippen LogP contribution < -0.4 is 10.6 Å². The van der Waals surface area contributed by atoms with Crippen molar-refractivity contribution >= 4 is 12.2 Å². The highest BCUT2D eigenvalue weighted by Gasteiger charge is 2.38. The number of carbonyl (C=O) groups excluding carboxylic acids is 2. The van der Waals surface area contributed by atoms with Gasteiger partial charge in [0.05, 0.1) is 12.1 Å². The highest BCUT2D eigenvalue weighted by atomic mass is 16.6. The van der Waals surface area contributed by atoms with Crippen molar-refractivity contribution in [1.29, 1.82) is 0 Å². The molecule has 0 spiro atoms. The van der Waals surface area contributed by atoms with Crippen molar-refractivity contribution in [1.82, 2.24) is 15.5 Å². The van der Waals surface area contributed by atoms with Gasteiger partial charge in [-0.05, 0) is 45.6 Å². The average Bonchev–Trinajstić information content (AvgIpc) is 3.46. The van der Waals surface area contributed by atoms with Crippen LogP contribution in [0.25, 0.3) is 0 Å². The van der Waals surface area contributed by atoms with Gasteiger partial charge in [-0.1, -0.05) is 30.3 Å². The van der Waals surface area contributed by atoms with Crippen LogP contribution in [0.4, 0.5) is 9.59 Å². The first-order chi connectivity index (χ1) is 13.3. The average molecular weight is 389 g/mol. The SMILES string of the molecule is CC(C)(C)OC(=O)NC1CN(C2CC2)CC[C@@H]1NC(=O)OCc1ccccc1. The largest absolute Gasteiger partial charge is 0.445 e. The summed E-state index contributed by atoms with van der Waals surface area (Å²) in [4.78, 5) is 26.9. The van der Waals surface area contributed by atoms with Gasteiger partial charge in [0.1, 0.15) is 12.2 Å². The van der Waals surface area contributed by atoms with Crippen LogP contribution in [0.1, 0.15) is 45.6 Å². The lowest BCUT2D eigenvalue weighted by molar-refractivity contribution is 0.0438. The summed E-state index contributed by atoms with van der Waals surface area (Å²) < 4.78 is 10.7. The minimum Gasteiger partial charge on any atom is -0.445 e. The Hall–Kier alpha value is -2.28. The van der Waals surface area contributed by atoms with Crippen molar-refractivity contribution in [3.63, 3.8) is 0 Å². The first-order valence-electron chi connectivity index (χ1n) is 10.0. The molecule has 0 aromatic heterocycles. The number of ether oxygens (including phenoxy) is 2. The molecule has 2 fully saturated rings. The maximum Gasteiger partial charge on any atom is 0.407 e. The van der Waals surface area contributed by atoms with Gasteiger partial charge >= 0.3 is 12.2 Å². The molecular weight excluding hydrogens is 358 g/mol. The molecule has 154 valence electrons. The van der Waals surface area contributed by atoms with Crippen molar-refractivity contribution in [3.8, 4) is 0 Å². The molecule has 1 unspecified atom stereocenters. The van der Waals surface area contributed by atoms with Gasteiger partial charge in [-0.2, -0.15) is 0 Å². The van der Waals surface area contributed by atoms with Gasteiger partial charge in [0.15, 0.2) is 0 Å². The van der Waals surface area contributed by atoms with Crippen LogP contribution in [0.15, 0.2) is 30.3 Å². The molecule has 1 aromatic carbocycles. The summed E-state index contributed by atoms with van der Waals surface area (Å²) in [6.45, 7) is 7.33. The van der Waals surface area contributed by atoms with Crippen molar-refractivity contribution in [3.05, 3.63) is 35.9 Å². The molecule has 2 N–H and O–H groups in total. The Labute approximate surface area is 166 Å². The van der Waals surface area contributed by atoms with Crippen molar-refractivity contribution in [2.45, 2.75) is 70.4 Å². The fraction of sp³-hybridized carbons (Fsp3) is 0.619. The van der Waals surface area contributed by atoms with Gasteiger partial charge < -0.3 is 20.1 Å². The zero-order valence-corrected chi connectivity index (χ0v) is 16.9. The normalized spacial score (nSPS) is 23.0. The fourth-order valence-electron chi connectivity index (χ4n) is 3.44. The number of nitrogens with one attached hydrogen (secondary N) is 2. The summed E-state index contributed by atoms with van der Waals surface area (Å²) in [6.07, 6.45) is 2.24. The van der Waals surface area contributed by atoms with Gasteiger partial charge in [-0.3, -0.25) is 4.90 Å². The summed E-state index contributed by atoms with van der Waals surface area (Å²) in [5.41, 5.74) is 0.372. The second-order valence-corrected chi connectivity index (χ2v) is 8.58. The zero-order chi connectivity index (χ0) is 20.1. The van der Waals surface area contributed by atoms with Crippen LogP contribution in [-0.2, 0) is 16.1 Å². The van der Waals surface area contributed by atoms with Crippen LogP contribution >= 0.6 is 0 Å². The lowest BCUT2D eigenvalue weighted by Gasteiger charge is -2.39. The van der Waals surface area contributed by atoms with Crippen LogP contribution in [0.2, 0.25) is 0 Å². The second kappa shape index (κ2) is 8.82. The maximum absolute atomic E-state index is 12.3. The lowest BCUT2D eigenvalue weighted by atomic mass is 9.99. The molecule has 2 atom stereocenters. The van der Waals surface area contributed by atoms with Crippen LogP contribution in [0, 0.1) is 0 Å². The highest BCUT2D eigenvalue weighted by molar-refractivity contribution is 5.70. The first kappa shape index (κ1) is 20.5. The third-order valence-electron chi connectivity index (χ3n) is 4.93. The minimum absolute atomic E-state index is 0.189. The van der Waals surface area contributed by atoms with E-state index in [1.807, 2.05) is 51.1 Å². The Kier molecular flexibility index (Phi) is 6.44. The summed E-state index contributed by atoms with van der Waals surface area (Å²) in [7, 11) is 0. The van der Waals surface area contributed by atoms with E-state index in [-0.39, 0.29) is 18.7 Å². The number of piperidine rings is 1. The van der Waals surface area contributed by atoms with Crippen LogP contribution in [0.5, 0.6) is 0 Å². The Balaban J connectivity index is 1.55. The molecule has 7 heteroatoms. The predicted molar refractivity (Wildman–Crippen MR) is 106 cm³/mol. The van der Waals surface area contributed by atoms with E-state index >= 15 is 0 Å². The van der Waals surface area contributed by atoms with Gasteiger partial charge in [0.25, 0.3) is 0 Å². The van der Waals surface area contributed by atoms with E-state index in [0.29, 0.717) is 12.6 Å². The molecule has 2 amide bonds. The Bertz CT molecular complexity index is 670. The molecule has 28 heavy (non-hydrogen) atoms. The number of alkyl carbamates (subject to hydrolysis) is 2. The third-order valence-corrected chi connectivity index (χ3v) is 4.93. The Morgan fingerprint density at radius 3 is 2.36 bits per heavy atom. The monoisotopic (exact) mass is 389 g/mol. The summed E-state index contributed by atoms with van der Waals surface area (Å²) in [5, 5.41) is 5.87. The smallest absolute Gasteiger partial charge is 0.407 e. The van der Waals surface area contributed by atoms with Crippen molar-refractivity contribution in [2.24, 2.45) is 0 Å². The Morgan fingerprint density at radius 2 is 1.71 bits per heavy atom. The standard InChI is InChI=1S/C21H31N3O4/c1-21(2,3)28-20(26)23-18-13-24(16-9-10-16)12-11-17(18)22-19(25)27-14-15-7-5-4-6-8-15/h4-8,16-18H,9-14H2,1-3H3,(H,22,25)(H,23,26)/t17-,18?/m0/s1. The molecule has 1 aliphatic heterocycles. The van der Waals surface area contributed by atoms with E-state index < -0.39 is 17.8 Å². The molecule has 3 rings (SSSR count). The molecule has 7 nitrogen and oxygen atoms in total. The molecule has 0 bridgehead atoms. The number of carbonyl (C=O) groups is 2. The number of amides is 2. The number of hydrogen-bond donors (Lipinski definition) is 2. The molecule has 2 aliphatic rings. The van der Waals surface area contributed by atoms with Crippen LogP contribution in [-0.4, -0.2) is 53.9 Å². The van der Waals surface area contributed by atoms with Gasteiger partial charge in [0, 0.05) is 19.1 Å². The number of rotatable bonds is 5. The molecule has 1 saturated heterocycles. The zero-order valence-electron chi connectivity index (χ0n) is 16.9. The van der Waals surface area contributed by atoms with Crippen molar-refractivity contribution in [2.75, 3.05) is 13.1 Å². The molecule has 1 aromatic rings. The number of benzene rings is 1. The fourth-order valence-corrected chi connectivity index (χ4v) is 3.44. The molecule has 1 heterocycles. The number of hydrogen-bond acceptors (Lipinski definition) is 5. The quantitative estimate of drug-likeness (QED) is 0.809. The van der Waals surface area contributed by atoms with E-state index in [9.17, 15) is 9.59 Å². The van der Waals surface area contributed by atoms with Gasteiger partial charge in [-0.15, -0.1) is 0 Å². The summed E-state index contributed by atoms with van der Waals surface area (Å²) in [6, 6.07) is 9.76. The van der Waals surface area contributed by atoms with Gasteiger partial charge in [-0.25, -0.2) is 9.59 Å². The third kappa shape index (κ3) is 6.41. The van der Waals surface area contributed by atoms with Crippen molar-refractivity contribution < 1.29 is 19.1 Å². The molecule has 1 saturated carbocycles. The predicted octanol–water partition coefficient (Wildman–Crippen LogP) is 3.04. The van der Waals surface area contributed by atoms with Gasteiger partial charge in [0.2, 0.25) is 0 Å². The maximum atomic E-state index is 12.3.